The highest BCUT2D eigenvalue weighted by Crippen LogP contribution is 2.24. The number of nitrogens with one attached hydrogen (secondary N) is 1. The number of hydrogen-bond donors (Lipinski definition) is 1. The molecule has 1 aromatic carbocycles. The maximum atomic E-state index is 9.00. The molecule has 1 aromatic heterocycles. The van der Waals surface area contributed by atoms with Crippen LogP contribution < -0.4 is 10.1 Å². The van der Waals surface area contributed by atoms with Crippen LogP contribution in [0.4, 0.5) is 0 Å². The largest absolute Gasteiger partial charge is 0.488 e. The molecule has 102 valence electrons. The van der Waals surface area contributed by atoms with E-state index in [0.717, 1.165) is 16.9 Å². The van der Waals surface area contributed by atoms with E-state index in [1.165, 1.54) is 0 Å². The second-order valence-electron chi connectivity index (χ2n) is 4.19. The third-order valence-corrected chi connectivity index (χ3v) is 3.01. The summed E-state index contributed by atoms with van der Waals surface area (Å²) in [5, 5.41) is 12.7. The molecule has 2 aromatic rings. The summed E-state index contributed by atoms with van der Waals surface area (Å²) < 4.78 is 5.78. The summed E-state index contributed by atoms with van der Waals surface area (Å²) in [6, 6.07) is 11.2. The Hall–Kier alpha value is -2.09. The van der Waals surface area contributed by atoms with Crippen LogP contribution in [0.15, 0.2) is 36.5 Å². The summed E-state index contributed by atoms with van der Waals surface area (Å²) in [4.78, 5) is 4.01. The minimum Gasteiger partial charge on any atom is -0.488 e. The number of halogens is 1. The number of ether oxygens (including phenoxy) is 1. The summed E-state index contributed by atoms with van der Waals surface area (Å²) in [5.41, 5.74) is 2.12. The highest BCUT2D eigenvalue weighted by atomic mass is 35.5. The van der Waals surface area contributed by atoms with E-state index >= 15 is 0 Å². The lowest BCUT2D eigenvalue weighted by Crippen LogP contribution is -2.08. The van der Waals surface area contributed by atoms with Crippen molar-refractivity contribution in [3.8, 4) is 11.8 Å². The molecule has 20 heavy (non-hydrogen) atoms. The summed E-state index contributed by atoms with van der Waals surface area (Å²) in [7, 11) is 1.86. The van der Waals surface area contributed by atoms with Crippen LogP contribution >= 0.6 is 11.6 Å². The highest BCUT2D eigenvalue weighted by molar-refractivity contribution is 6.30. The van der Waals surface area contributed by atoms with Gasteiger partial charge in [0.2, 0.25) is 0 Å². The standard InChI is InChI=1S/C15H14ClN3O/c1-18-9-12-7-13(16)4-5-15(12)20-10-11-3-2-6-19-14(11)8-17/h2-7,18H,9-10H2,1H3. The fraction of sp³-hybridized carbons (Fsp3) is 0.200. The summed E-state index contributed by atoms with van der Waals surface area (Å²) >= 11 is 5.98. The molecule has 4 nitrogen and oxygen atoms in total. The number of hydrogen-bond acceptors (Lipinski definition) is 4. The quantitative estimate of drug-likeness (QED) is 0.918. The van der Waals surface area contributed by atoms with E-state index in [1.54, 1.807) is 18.3 Å². The third-order valence-electron chi connectivity index (χ3n) is 2.77. The first kappa shape index (κ1) is 14.3. The van der Waals surface area contributed by atoms with Crippen molar-refractivity contribution in [2.75, 3.05) is 7.05 Å². The number of aromatic nitrogens is 1. The first-order valence-corrected chi connectivity index (χ1v) is 6.52. The Labute approximate surface area is 123 Å². The van der Waals surface area contributed by atoms with Gasteiger partial charge in [0, 0.05) is 28.9 Å². The average Bonchev–Trinajstić information content (AvgIpc) is 2.47. The van der Waals surface area contributed by atoms with Crippen molar-refractivity contribution in [2.45, 2.75) is 13.2 Å². The van der Waals surface area contributed by atoms with E-state index in [0.29, 0.717) is 23.9 Å². The summed E-state index contributed by atoms with van der Waals surface area (Å²) in [6.07, 6.45) is 1.59. The van der Waals surface area contributed by atoms with Crippen molar-refractivity contribution >= 4 is 11.6 Å². The van der Waals surface area contributed by atoms with Crippen molar-refractivity contribution < 1.29 is 4.74 Å². The lowest BCUT2D eigenvalue weighted by molar-refractivity contribution is 0.301. The van der Waals surface area contributed by atoms with Gasteiger partial charge in [-0.25, -0.2) is 4.98 Å². The molecule has 1 heterocycles. The zero-order valence-corrected chi connectivity index (χ0v) is 11.8. The minimum atomic E-state index is 0.301. The van der Waals surface area contributed by atoms with Crippen LogP contribution in [0.25, 0.3) is 0 Å². The molecule has 1 N–H and O–H groups in total. The van der Waals surface area contributed by atoms with Gasteiger partial charge in [-0.15, -0.1) is 0 Å². The molecule has 2 rings (SSSR count). The molecule has 0 radical (unpaired) electrons. The van der Waals surface area contributed by atoms with Gasteiger partial charge in [0.1, 0.15) is 24.1 Å². The van der Waals surface area contributed by atoms with Crippen LogP contribution in [0.3, 0.4) is 0 Å². The first-order valence-electron chi connectivity index (χ1n) is 6.14. The number of pyridine rings is 1. The Kier molecular flexibility index (Phi) is 4.94. The maximum Gasteiger partial charge on any atom is 0.147 e. The van der Waals surface area contributed by atoms with Crippen LogP contribution in [-0.2, 0) is 13.2 Å². The van der Waals surface area contributed by atoms with Gasteiger partial charge in [-0.2, -0.15) is 5.26 Å². The predicted molar refractivity (Wildman–Crippen MR) is 77.5 cm³/mol. The van der Waals surface area contributed by atoms with Gasteiger partial charge in [0.05, 0.1) is 0 Å². The molecule has 0 saturated heterocycles. The normalized spacial score (nSPS) is 10.1. The summed E-state index contributed by atoms with van der Waals surface area (Å²) in [5.74, 6) is 0.747. The van der Waals surface area contributed by atoms with E-state index in [4.69, 9.17) is 21.6 Å². The Morgan fingerprint density at radius 2 is 2.20 bits per heavy atom. The van der Waals surface area contributed by atoms with E-state index in [9.17, 15) is 0 Å². The van der Waals surface area contributed by atoms with Gasteiger partial charge in [-0.3, -0.25) is 0 Å². The van der Waals surface area contributed by atoms with Crippen molar-refractivity contribution in [2.24, 2.45) is 0 Å². The fourth-order valence-corrected chi connectivity index (χ4v) is 2.02. The van der Waals surface area contributed by atoms with Crippen LogP contribution in [0.5, 0.6) is 5.75 Å². The van der Waals surface area contributed by atoms with Gasteiger partial charge >= 0.3 is 0 Å². The van der Waals surface area contributed by atoms with Crippen molar-refractivity contribution in [1.82, 2.24) is 10.3 Å². The zero-order valence-electron chi connectivity index (χ0n) is 11.1. The molecule has 0 bridgehead atoms. The topological polar surface area (TPSA) is 57.9 Å². The van der Waals surface area contributed by atoms with Gasteiger partial charge in [-0.05, 0) is 31.3 Å². The molecule has 0 aliphatic heterocycles. The second-order valence-corrected chi connectivity index (χ2v) is 4.63. The van der Waals surface area contributed by atoms with Crippen molar-refractivity contribution in [1.29, 1.82) is 5.26 Å². The first-order chi connectivity index (χ1) is 9.74. The Bertz CT molecular complexity index is 637. The number of nitriles is 1. The molecule has 0 aliphatic rings. The highest BCUT2D eigenvalue weighted by Gasteiger charge is 2.07. The van der Waals surface area contributed by atoms with Crippen molar-refractivity contribution in [3.63, 3.8) is 0 Å². The Balaban J connectivity index is 2.17. The maximum absolute atomic E-state index is 9.00. The van der Waals surface area contributed by atoms with Gasteiger partial charge < -0.3 is 10.1 Å². The minimum absolute atomic E-state index is 0.301. The zero-order chi connectivity index (χ0) is 14.4. The third kappa shape index (κ3) is 3.47. The molecule has 0 spiro atoms. The molecule has 5 heteroatoms. The molecule has 0 atom stereocenters. The second kappa shape index (κ2) is 6.90. The fourth-order valence-electron chi connectivity index (χ4n) is 1.83. The molecular weight excluding hydrogens is 274 g/mol. The lowest BCUT2D eigenvalue weighted by Gasteiger charge is -2.12. The molecule has 0 saturated carbocycles. The van der Waals surface area contributed by atoms with Crippen LogP contribution in [-0.4, -0.2) is 12.0 Å². The molecule has 0 aliphatic carbocycles. The molecule has 0 unspecified atom stereocenters. The average molecular weight is 288 g/mol. The number of benzene rings is 1. The predicted octanol–water partition coefficient (Wildman–Crippen LogP) is 2.91. The van der Waals surface area contributed by atoms with E-state index in [1.807, 2.05) is 25.2 Å². The van der Waals surface area contributed by atoms with Crippen molar-refractivity contribution in [3.05, 3.63) is 58.4 Å². The van der Waals surface area contributed by atoms with Gasteiger partial charge in [0.25, 0.3) is 0 Å². The molecule has 0 fully saturated rings. The van der Waals surface area contributed by atoms with Crippen LogP contribution in [0, 0.1) is 11.3 Å². The molecular formula is C15H14ClN3O. The van der Waals surface area contributed by atoms with Crippen LogP contribution in [0.2, 0.25) is 5.02 Å². The van der Waals surface area contributed by atoms with E-state index < -0.39 is 0 Å². The summed E-state index contributed by atoms with van der Waals surface area (Å²) in [6.45, 7) is 0.961. The number of nitrogens with zero attached hydrogens (tertiary/aromatic N) is 2. The van der Waals surface area contributed by atoms with Gasteiger partial charge in [-0.1, -0.05) is 17.7 Å². The van der Waals surface area contributed by atoms with E-state index in [-0.39, 0.29) is 0 Å². The van der Waals surface area contributed by atoms with E-state index in [2.05, 4.69) is 16.4 Å². The number of rotatable bonds is 5. The Morgan fingerprint density at radius 3 is 2.95 bits per heavy atom. The Morgan fingerprint density at radius 1 is 1.35 bits per heavy atom. The SMILES string of the molecule is CNCc1cc(Cl)ccc1OCc1cccnc1C#N. The van der Waals surface area contributed by atoms with Crippen LogP contribution in [0.1, 0.15) is 16.8 Å². The lowest BCUT2D eigenvalue weighted by atomic mass is 10.2. The smallest absolute Gasteiger partial charge is 0.147 e. The molecule has 0 amide bonds. The van der Waals surface area contributed by atoms with Gasteiger partial charge in [0.15, 0.2) is 0 Å². The monoisotopic (exact) mass is 287 g/mol.